The van der Waals surface area contributed by atoms with E-state index in [-0.39, 0.29) is 28.4 Å². The second-order valence-corrected chi connectivity index (χ2v) is 5.97. The van der Waals surface area contributed by atoms with Gasteiger partial charge in [0.25, 0.3) is 5.69 Å². The summed E-state index contributed by atoms with van der Waals surface area (Å²) >= 11 is 0. The first-order chi connectivity index (χ1) is 9.90. The molecule has 0 atom stereocenters. The van der Waals surface area contributed by atoms with Crippen molar-refractivity contribution in [3.63, 3.8) is 0 Å². The fourth-order valence-electron chi connectivity index (χ4n) is 1.72. The molecule has 21 heavy (non-hydrogen) atoms. The van der Waals surface area contributed by atoms with Crippen LogP contribution in [0.5, 0.6) is 5.75 Å². The van der Waals surface area contributed by atoms with Crippen molar-refractivity contribution in [3.8, 4) is 5.75 Å². The first kappa shape index (κ1) is 14.9. The van der Waals surface area contributed by atoms with E-state index in [1.54, 1.807) is 6.07 Å². The number of rotatable bonds is 5. The Balaban J connectivity index is 2.19. The van der Waals surface area contributed by atoms with Gasteiger partial charge in [-0.05, 0) is 24.3 Å². The first-order valence-electron chi connectivity index (χ1n) is 5.91. The van der Waals surface area contributed by atoms with Gasteiger partial charge < -0.3 is 5.11 Å². The number of phenolic OH excluding ortho intramolecular Hbond substituents is 1. The maximum absolute atomic E-state index is 12.0. The quantitative estimate of drug-likeness (QED) is 0.646. The Kier molecular flexibility index (Phi) is 4.20. The van der Waals surface area contributed by atoms with E-state index in [1.807, 2.05) is 0 Å². The van der Waals surface area contributed by atoms with Crippen molar-refractivity contribution in [1.29, 1.82) is 0 Å². The molecule has 0 bridgehead atoms. The van der Waals surface area contributed by atoms with Crippen molar-refractivity contribution in [2.75, 3.05) is 0 Å². The van der Waals surface area contributed by atoms with Gasteiger partial charge in [0.15, 0.2) is 0 Å². The Morgan fingerprint density at radius 3 is 2.33 bits per heavy atom. The van der Waals surface area contributed by atoms with Crippen molar-refractivity contribution in [1.82, 2.24) is 4.72 Å². The Morgan fingerprint density at radius 1 is 1.10 bits per heavy atom. The number of benzene rings is 2. The van der Waals surface area contributed by atoms with E-state index in [4.69, 9.17) is 5.11 Å². The van der Waals surface area contributed by atoms with Crippen molar-refractivity contribution in [2.45, 2.75) is 11.4 Å². The molecule has 0 unspecified atom stereocenters. The van der Waals surface area contributed by atoms with E-state index >= 15 is 0 Å². The number of nitro groups is 1. The highest BCUT2D eigenvalue weighted by Gasteiger charge is 2.17. The van der Waals surface area contributed by atoms with Gasteiger partial charge in [-0.15, -0.1) is 0 Å². The molecule has 0 saturated carbocycles. The summed E-state index contributed by atoms with van der Waals surface area (Å²) in [6, 6.07) is 10.9. The van der Waals surface area contributed by atoms with Gasteiger partial charge in [0, 0.05) is 18.2 Å². The lowest BCUT2D eigenvalue weighted by atomic mass is 10.2. The number of aromatic hydroxyl groups is 1. The number of sulfonamides is 1. The van der Waals surface area contributed by atoms with E-state index in [2.05, 4.69) is 4.72 Å². The van der Waals surface area contributed by atoms with Crippen molar-refractivity contribution in [2.24, 2.45) is 0 Å². The number of phenols is 1. The molecule has 0 aliphatic rings. The average Bonchev–Trinajstić information content (AvgIpc) is 2.46. The molecular formula is C13H12N2O5S. The smallest absolute Gasteiger partial charge is 0.273 e. The predicted molar refractivity (Wildman–Crippen MR) is 75.2 cm³/mol. The van der Waals surface area contributed by atoms with Crippen LogP contribution in [0, 0.1) is 10.1 Å². The van der Waals surface area contributed by atoms with Gasteiger partial charge in [-0.25, -0.2) is 13.1 Å². The average molecular weight is 308 g/mol. The molecular weight excluding hydrogens is 296 g/mol. The van der Waals surface area contributed by atoms with Crippen molar-refractivity contribution >= 4 is 15.7 Å². The van der Waals surface area contributed by atoms with Crippen LogP contribution in [0.25, 0.3) is 0 Å². The normalized spacial score (nSPS) is 11.2. The third-order valence-electron chi connectivity index (χ3n) is 2.79. The van der Waals surface area contributed by atoms with Crippen LogP contribution in [0.15, 0.2) is 53.4 Å². The molecule has 0 spiro atoms. The molecule has 7 nitrogen and oxygen atoms in total. The van der Waals surface area contributed by atoms with Gasteiger partial charge in [0.05, 0.1) is 9.82 Å². The van der Waals surface area contributed by atoms with Gasteiger partial charge in [-0.3, -0.25) is 10.1 Å². The molecule has 0 radical (unpaired) electrons. The van der Waals surface area contributed by atoms with Gasteiger partial charge in [0.2, 0.25) is 10.0 Å². The van der Waals surface area contributed by atoms with E-state index in [9.17, 15) is 18.5 Å². The lowest BCUT2D eigenvalue weighted by Gasteiger charge is -2.07. The third-order valence-corrected chi connectivity index (χ3v) is 4.21. The Hall–Kier alpha value is -2.45. The number of nitro benzene ring substituents is 1. The van der Waals surface area contributed by atoms with Crippen LogP contribution in [0.4, 0.5) is 5.69 Å². The molecule has 0 aromatic heterocycles. The third kappa shape index (κ3) is 3.56. The van der Waals surface area contributed by atoms with Gasteiger partial charge in [-0.1, -0.05) is 18.2 Å². The van der Waals surface area contributed by atoms with Crippen LogP contribution in [0.1, 0.15) is 5.56 Å². The van der Waals surface area contributed by atoms with Crippen LogP contribution in [0.2, 0.25) is 0 Å². The molecule has 2 aromatic rings. The van der Waals surface area contributed by atoms with Crippen LogP contribution < -0.4 is 4.72 Å². The van der Waals surface area contributed by atoms with E-state index in [0.29, 0.717) is 0 Å². The molecule has 2 N–H and O–H groups in total. The molecule has 0 heterocycles. The molecule has 0 saturated heterocycles. The van der Waals surface area contributed by atoms with Crippen LogP contribution in [-0.4, -0.2) is 18.4 Å². The van der Waals surface area contributed by atoms with Gasteiger partial charge in [0.1, 0.15) is 5.75 Å². The lowest BCUT2D eigenvalue weighted by molar-refractivity contribution is -0.385. The molecule has 0 fully saturated rings. The van der Waals surface area contributed by atoms with Crippen LogP contribution in [-0.2, 0) is 16.6 Å². The summed E-state index contributed by atoms with van der Waals surface area (Å²) in [7, 11) is -3.80. The standard InChI is InChI=1S/C13H12N2O5S/c16-11-5-7-12(8-6-11)21(19,20)14-9-10-3-1-2-4-13(10)15(17)18/h1-8,14,16H,9H2. The van der Waals surface area contributed by atoms with Crippen LogP contribution >= 0.6 is 0 Å². The second-order valence-electron chi connectivity index (χ2n) is 4.20. The maximum Gasteiger partial charge on any atom is 0.273 e. The highest BCUT2D eigenvalue weighted by Crippen LogP contribution is 2.19. The molecule has 0 aliphatic heterocycles. The lowest BCUT2D eigenvalue weighted by Crippen LogP contribution is -2.23. The topological polar surface area (TPSA) is 110 Å². The zero-order valence-electron chi connectivity index (χ0n) is 10.8. The summed E-state index contributed by atoms with van der Waals surface area (Å²) in [5, 5.41) is 20.0. The predicted octanol–water partition coefficient (Wildman–Crippen LogP) is 1.78. The highest BCUT2D eigenvalue weighted by molar-refractivity contribution is 7.89. The Labute approximate surface area is 121 Å². The maximum atomic E-state index is 12.0. The number of para-hydroxylation sites is 1. The SMILES string of the molecule is O=[N+]([O-])c1ccccc1CNS(=O)(=O)c1ccc(O)cc1. The van der Waals surface area contributed by atoms with E-state index < -0.39 is 14.9 Å². The zero-order valence-corrected chi connectivity index (χ0v) is 11.6. The zero-order chi connectivity index (χ0) is 15.5. The minimum atomic E-state index is -3.80. The number of nitrogens with zero attached hydrogens (tertiary/aromatic N) is 1. The monoisotopic (exact) mass is 308 g/mol. The Morgan fingerprint density at radius 2 is 1.71 bits per heavy atom. The largest absolute Gasteiger partial charge is 0.508 e. The second kappa shape index (κ2) is 5.90. The van der Waals surface area contributed by atoms with E-state index in [0.717, 1.165) is 0 Å². The number of nitrogens with one attached hydrogen (secondary N) is 1. The van der Waals surface area contributed by atoms with Gasteiger partial charge >= 0.3 is 0 Å². The molecule has 0 aliphatic carbocycles. The van der Waals surface area contributed by atoms with Gasteiger partial charge in [-0.2, -0.15) is 0 Å². The Bertz CT molecular complexity index is 756. The molecule has 0 amide bonds. The summed E-state index contributed by atoms with van der Waals surface area (Å²) in [4.78, 5) is 10.3. The molecule has 8 heteroatoms. The summed E-state index contributed by atoms with van der Waals surface area (Å²) < 4.78 is 26.4. The van der Waals surface area contributed by atoms with Crippen molar-refractivity contribution < 1.29 is 18.4 Å². The van der Waals surface area contributed by atoms with Crippen LogP contribution in [0.3, 0.4) is 0 Å². The molecule has 2 aromatic carbocycles. The summed E-state index contributed by atoms with van der Waals surface area (Å²) in [5.74, 6) is -0.0485. The molecule has 2 rings (SSSR count). The summed E-state index contributed by atoms with van der Waals surface area (Å²) in [5.41, 5.74) is 0.121. The summed E-state index contributed by atoms with van der Waals surface area (Å²) in [6.07, 6.45) is 0. The fraction of sp³-hybridized carbons (Fsp3) is 0.0769. The minimum absolute atomic E-state index is 0.0288. The minimum Gasteiger partial charge on any atom is -0.508 e. The molecule has 110 valence electrons. The summed E-state index contributed by atoms with van der Waals surface area (Å²) in [6.45, 7) is -0.194. The highest BCUT2D eigenvalue weighted by atomic mass is 32.2. The van der Waals surface area contributed by atoms with Crippen molar-refractivity contribution in [3.05, 3.63) is 64.2 Å². The first-order valence-corrected chi connectivity index (χ1v) is 7.39. The number of hydrogen-bond donors (Lipinski definition) is 2. The number of hydrogen-bond acceptors (Lipinski definition) is 5. The fourth-order valence-corrected chi connectivity index (χ4v) is 2.73. The van der Waals surface area contributed by atoms with E-state index in [1.165, 1.54) is 42.5 Å².